The molecule has 0 unspecified atom stereocenters. The number of nitrogens with zero attached hydrogens (tertiary/aromatic N) is 1. The second-order valence-corrected chi connectivity index (χ2v) is 5.75. The topological polar surface area (TPSA) is 67.2 Å². The van der Waals surface area contributed by atoms with Gasteiger partial charge in [-0.2, -0.15) is 26.9 Å². The monoisotopic (exact) mass is 327 g/mol. The molecule has 0 amide bonds. The molecule has 22 heavy (non-hydrogen) atoms. The lowest BCUT2D eigenvalue weighted by Crippen LogP contribution is -2.11. The lowest BCUT2D eigenvalue weighted by Gasteiger charge is -2.10. The smallest absolute Gasteiger partial charge is 0.379 e. The average molecular weight is 327 g/mol. The third-order valence-electron chi connectivity index (χ3n) is 2.64. The van der Waals surface area contributed by atoms with Crippen molar-refractivity contribution in [3.8, 4) is 11.8 Å². The maximum Gasteiger partial charge on any atom is 0.416 e. The summed E-state index contributed by atoms with van der Waals surface area (Å²) in [6, 6.07) is 10.2. The predicted octanol–water partition coefficient (Wildman–Crippen LogP) is 3.34. The molecule has 0 saturated carbocycles. The summed E-state index contributed by atoms with van der Waals surface area (Å²) < 4.78 is 66.4. The number of hydrogen-bond acceptors (Lipinski definition) is 4. The van der Waals surface area contributed by atoms with Gasteiger partial charge in [0.1, 0.15) is 10.6 Å². The fraction of sp³-hybridized carbons (Fsp3) is 0.0714. The van der Waals surface area contributed by atoms with Gasteiger partial charge in [0, 0.05) is 0 Å². The highest BCUT2D eigenvalue weighted by Crippen LogP contribution is 2.32. The summed E-state index contributed by atoms with van der Waals surface area (Å²) in [5.74, 6) is -0.445. The van der Waals surface area contributed by atoms with Crippen LogP contribution in [0.5, 0.6) is 5.75 Å². The second-order valence-electron chi connectivity index (χ2n) is 4.20. The fourth-order valence-corrected chi connectivity index (χ4v) is 2.52. The zero-order valence-corrected chi connectivity index (χ0v) is 11.6. The quantitative estimate of drug-likeness (QED) is 0.811. The molecule has 0 spiro atoms. The minimum Gasteiger partial charge on any atom is -0.379 e. The number of benzene rings is 2. The lowest BCUT2D eigenvalue weighted by atomic mass is 10.2. The summed E-state index contributed by atoms with van der Waals surface area (Å²) in [5, 5.41) is 8.64. The highest BCUT2D eigenvalue weighted by atomic mass is 32.2. The maximum atomic E-state index is 12.6. The van der Waals surface area contributed by atoms with E-state index in [9.17, 15) is 21.6 Å². The number of nitriles is 1. The Morgan fingerprint density at radius 2 is 1.68 bits per heavy atom. The second kappa shape index (κ2) is 5.69. The van der Waals surface area contributed by atoms with Crippen LogP contribution < -0.4 is 4.18 Å². The van der Waals surface area contributed by atoms with Gasteiger partial charge in [-0.3, -0.25) is 0 Å². The van der Waals surface area contributed by atoms with Crippen molar-refractivity contribution in [3.05, 3.63) is 59.7 Å². The van der Waals surface area contributed by atoms with Gasteiger partial charge < -0.3 is 4.18 Å². The van der Waals surface area contributed by atoms with Crippen molar-refractivity contribution >= 4 is 10.1 Å². The minimum absolute atomic E-state index is 0.248. The first-order valence-electron chi connectivity index (χ1n) is 5.84. The van der Waals surface area contributed by atoms with E-state index in [4.69, 9.17) is 5.26 Å². The number of halogens is 3. The molecule has 2 aromatic rings. The summed E-state index contributed by atoms with van der Waals surface area (Å²) >= 11 is 0. The van der Waals surface area contributed by atoms with Crippen LogP contribution >= 0.6 is 0 Å². The Hall–Kier alpha value is -2.53. The fourth-order valence-electron chi connectivity index (χ4n) is 1.60. The lowest BCUT2D eigenvalue weighted by molar-refractivity contribution is -0.137. The van der Waals surface area contributed by atoms with E-state index in [-0.39, 0.29) is 10.5 Å². The average Bonchev–Trinajstić information content (AvgIpc) is 2.46. The van der Waals surface area contributed by atoms with Gasteiger partial charge in [-0.1, -0.05) is 6.07 Å². The van der Waals surface area contributed by atoms with E-state index < -0.39 is 27.6 Å². The van der Waals surface area contributed by atoms with Crippen molar-refractivity contribution in [2.24, 2.45) is 0 Å². The Morgan fingerprint density at radius 1 is 1.05 bits per heavy atom. The molecule has 0 heterocycles. The molecule has 4 nitrogen and oxygen atoms in total. The molecular formula is C14H8F3NO3S. The molecule has 0 aliphatic rings. The summed E-state index contributed by atoms with van der Waals surface area (Å²) in [4.78, 5) is -0.260. The van der Waals surface area contributed by atoms with Gasteiger partial charge >= 0.3 is 16.3 Å². The molecule has 0 atom stereocenters. The normalized spacial score (nSPS) is 11.7. The van der Waals surface area contributed by atoms with Crippen LogP contribution in [-0.2, 0) is 16.3 Å². The molecule has 0 N–H and O–H groups in total. The van der Waals surface area contributed by atoms with Crippen molar-refractivity contribution < 1.29 is 25.8 Å². The van der Waals surface area contributed by atoms with Gasteiger partial charge in [0.2, 0.25) is 0 Å². The van der Waals surface area contributed by atoms with Gasteiger partial charge in [-0.15, -0.1) is 0 Å². The number of rotatable bonds is 3. The Morgan fingerprint density at radius 3 is 2.23 bits per heavy atom. The first kappa shape index (κ1) is 15.9. The Bertz CT molecular complexity index is 822. The third kappa shape index (κ3) is 3.56. The highest BCUT2D eigenvalue weighted by Gasteiger charge is 2.31. The van der Waals surface area contributed by atoms with Gasteiger partial charge in [0.15, 0.2) is 0 Å². The molecule has 0 fully saturated rings. The molecule has 0 aliphatic heterocycles. The van der Waals surface area contributed by atoms with Crippen LogP contribution in [0.25, 0.3) is 0 Å². The van der Waals surface area contributed by atoms with Crippen molar-refractivity contribution in [1.29, 1.82) is 5.26 Å². The molecule has 2 rings (SSSR count). The third-order valence-corrected chi connectivity index (χ3v) is 3.90. The summed E-state index contributed by atoms with van der Waals surface area (Å²) in [6.07, 6.45) is -4.60. The van der Waals surface area contributed by atoms with Crippen LogP contribution in [0.15, 0.2) is 53.4 Å². The maximum absolute atomic E-state index is 12.6. The van der Waals surface area contributed by atoms with Gasteiger partial charge in [0.25, 0.3) is 0 Å². The molecule has 114 valence electrons. The van der Waals surface area contributed by atoms with Crippen LogP contribution in [-0.4, -0.2) is 8.42 Å². The number of alkyl halides is 3. The standard InChI is InChI=1S/C14H8F3NO3S/c15-14(16,17)11-2-1-3-12(8-11)21-22(19,20)13-6-4-10(9-18)5-7-13/h1-8H. The van der Waals surface area contributed by atoms with Crippen LogP contribution in [0.2, 0.25) is 0 Å². The highest BCUT2D eigenvalue weighted by molar-refractivity contribution is 7.87. The van der Waals surface area contributed by atoms with Crippen LogP contribution in [0, 0.1) is 11.3 Å². The molecule has 0 saturated heterocycles. The van der Waals surface area contributed by atoms with Crippen LogP contribution in [0.3, 0.4) is 0 Å². The van der Waals surface area contributed by atoms with Crippen molar-refractivity contribution in [3.63, 3.8) is 0 Å². The summed E-state index contributed by atoms with van der Waals surface area (Å²) in [5.41, 5.74) is -0.766. The molecule has 0 radical (unpaired) electrons. The summed E-state index contributed by atoms with van der Waals surface area (Å²) in [6.45, 7) is 0. The number of hydrogen-bond donors (Lipinski definition) is 0. The van der Waals surface area contributed by atoms with E-state index in [0.717, 1.165) is 30.3 Å². The first-order valence-corrected chi connectivity index (χ1v) is 7.25. The SMILES string of the molecule is N#Cc1ccc(S(=O)(=O)Oc2cccc(C(F)(F)F)c2)cc1. The molecule has 2 aromatic carbocycles. The first-order chi connectivity index (χ1) is 10.2. The molecule has 0 aromatic heterocycles. The van der Waals surface area contributed by atoms with Gasteiger partial charge in [-0.05, 0) is 42.5 Å². The van der Waals surface area contributed by atoms with E-state index in [1.54, 1.807) is 0 Å². The molecule has 0 bridgehead atoms. The van der Waals surface area contributed by atoms with Crippen LogP contribution in [0.4, 0.5) is 13.2 Å². The summed E-state index contributed by atoms with van der Waals surface area (Å²) in [7, 11) is -4.28. The van der Waals surface area contributed by atoms with E-state index in [1.807, 2.05) is 6.07 Å². The van der Waals surface area contributed by atoms with E-state index in [0.29, 0.717) is 6.07 Å². The van der Waals surface area contributed by atoms with E-state index in [1.165, 1.54) is 12.1 Å². The van der Waals surface area contributed by atoms with E-state index >= 15 is 0 Å². The predicted molar refractivity (Wildman–Crippen MR) is 70.4 cm³/mol. The molecule has 8 heteroatoms. The molecular weight excluding hydrogens is 319 g/mol. The van der Waals surface area contributed by atoms with Gasteiger partial charge in [-0.25, -0.2) is 0 Å². The zero-order valence-electron chi connectivity index (χ0n) is 10.8. The zero-order chi connectivity index (χ0) is 16.4. The Labute approximate surface area is 124 Å². The van der Waals surface area contributed by atoms with Crippen LogP contribution in [0.1, 0.15) is 11.1 Å². The van der Waals surface area contributed by atoms with Crippen molar-refractivity contribution in [2.45, 2.75) is 11.1 Å². The largest absolute Gasteiger partial charge is 0.416 e. The Balaban J connectivity index is 2.31. The molecule has 0 aliphatic carbocycles. The van der Waals surface area contributed by atoms with Gasteiger partial charge in [0.05, 0.1) is 17.2 Å². The van der Waals surface area contributed by atoms with Crippen molar-refractivity contribution in [1.82, 2.24) is 0 Å². The Kier molecular flexibility index (Phi) is 4.10. The minimum atomic E-state index is -4.60. The van der Waals surface area contributed by atoms with E-state index in [2.05, 4.69) is 4.18 Å². The van der Waals surface area contributed by atoms with Crippen molar-refractivity contribution in [2.75, 3.05) is 0 Å².